The fourth-order valence-corrected chi connectivity index (χ4v) is 2.87. The standard InChI is InChI=1S/C17H20N2O4/c1-22-15-7-6-11(8-16(15)23-13-4-2-3-5-13)14(20)9-12-10-18-17(21)19-12/h6-8,10,13H,2-5,9H2,1H3,(H2,18,19,21). The highest BCUT2D eigenvalue weighted by Crippen LogP contribution is 2.32. The summed E-state index contributed by atoms with van der Waals surface area (Å²) in [7, 11) is 1.59. The number of H-pyrrole nitrogens is 2. The van der Waals surface area contributed by atoms with Crippen LogP contribution in [-0.4, -0.2) is 29.0 Å². The number of ether oxygens (including phenoxy) is 2. The second kappa shape index (κ2) is 6.73. The lowest BCUT2D eigenvalue weighted by Crippen LogP contribution is -2.12. The third-order valence-electron chi connectivity index (χ3n) is 4.08. The van der Waals surface area contributed by atoms with Gasteiger partial charge in [-0.15, -0.1) is 0 Å². The van der Waals surface area contributed by atoms with Crippen LogP contribution in [0.4, 0.5) is 0 Å². The van der Waals surface area contributed by atoms with E-state index < -0.39 is 0 Å². The van der Waals surface area contributed by atoms with Crippen molar-refractivity contribution in [3.05, 3.63) is 46.1 Å². The number of Topliss-reactive ketones (excluding diaryl/α,β-unsaturated/α-hetero) is 1. The minimum atomic E-state index is -0.312. The second-order valence-corrected chi connectivity index (χ2v) is 5.76. The Morgan fingerprint density at radius 3 is 2.70 bits per heavy atom. The molecule has 0 unspecified atom stereocenters. The molecule has 1 aliphatic carbocycles. The lowest BCUT2D eigenvalue weighted by atomic mass is 10.1. The Kier molecular flexibility index (Phi) is 4.50. The van der Waals surface area contributed by atoms with E-state index in [0.29, 0.717) is 22.8 Å². The van der Waals surface area contributed by atoms with Crippen LogP contribution in [0, 0.1) is 0 Å². The quantitative estimate of drug-likeness (QED) is 0.802. The molecular formula is C17H20N2O4. The molecule has 1 aromatic heterocycles. The zero-order chi connectivity index (χ0) is 16.2. The largest absolute Gasteiger partial charge is 0.493 e. The summed E-state index contributed by atoms with van der Waals surface area (Å²) >= 11 is 0. The maximum absolute atomic E-state index is 12.4. The number of carbonyl (C=O) groups excluding carboxylic acids is 1. The zero-order valence-electron chi connectivity index (χ0n) is 13.1. The van der Waals surface area contributed by atoms with Crippen LogP contribution in [-0.2, 0) is 6.42 Å². The van der Waals surface area contributed by atoms with Crippen LogP contribution >= 0.6 is 0 Å². The normalized spacial score (nSPS) is 14.8. The van der Waals surface area contributed by atoms with E-state index in [9.17, 15) is 9.59 Å². The predicted octanol–water partition coefficient (Wildman–Crippen LogP) is 2.46. The van der Waals surface area contributed by atoms with Crippen LogP contribution in [0.1, 0.15) is 41.7 Å². The van der Waals surface area contributed by atoms with Crippen molar-refractivity contribution in [2.75, 3.05) is 7.11 Å². The first-order valence-electron chi connectivity index (χ1n) is 7.80. The van der Waals surface area contributed by atoms with E-state index in [2.05, 4.69) is 9.97 Å². The summed E-state index contributed by atoms with van der Waals surface area (Å²) in [4.78, 5) is 28.5. The molecule has 2 aromatic rings. The third-order valence-corrected chi connectivity index (χ3v) is 4.08. The summed E-state index contributed by atoms with van der Waals surface area (Å²) in [6, 6.07) is 5.19. The minimum absolute atomic E-state index is 0.0841. The Morgan fingerprint density at radius 1 is 1.26 bits per heavy atom. The molecule has 23 heavy (non-hydrogen) atoms. The van der Waals surface area contributed by atoms with Gasteiger partial charge in [0, 0.05) is 17.5 Å². The van der Waals surface area contributed by atoms with Crippen molar-refractivity contribution in [2.45, 2.75) is 38.2 Å². The van der Waals surface area contributed by atoms with Crippen molar-refractivity contribution in [1.29, 1.82) is 0 Å². The molecule has 0 saturated heterocycles. The average molecular weight is 316 g/mol. The lowest BCUT2D eigenvalue weighted by Gasteiger charge is -2.16. The van der Waals surface area contributed by atoms with E-state index in [-0.39, 0.29) is 24.0 Å². The summed E-state index contributed by atoms with van der Waals surface area (Å²) in [5, 5.41) is 0. The molecule has 0 aliphatic heterocycles. The zero-order valence-corrected chi connectivity index (χ0v) is 13.1. The van der Waals surface area contributed by atoms with Gasteiger partial charge in [-0.2, -0.15) is 0 Å². The van der Waals surface area contributed by atoms with E-state index in [1.807, 2.05) is 0 Å². The van der Waals surface area contributed by atoms with E-state index in [1.165, 1.54) is 19.0 Å². The average Bonchev–Trinajstić information content (AvgIpc) is 3.19. The van der Waals surface area contributed by atoms with Gasteiger partial charge in [-0.1, -0.05) is 0 Å². The van der Waals surface area contributed by atoms with Crippen molar-refractivity contribution in [2.24, 2.45) is 0 Å². The van der Waals surface area contributed by atoms with Gasteiger partial charge in [0.25, 0.3) is 0 Å². The van der Waals surface area contributed by atoms with Gasteiger partial charge in [0.05, 0.1) is 19.6 Å². The molecule has 0 atom stereocenters. The highest BCUT2D eigenvalue weighted by atomic mass is 16.5. The molecule has 122 valence electrons. The highest BCUT2D eigenvalue weighted by Gasteiger charge is 2.19. The van der Waals surface area contributed by atoms with Crippen LogP contribution in [0.2, 0.25) is 0 Å². The maximum Gasteiger partial charge on any atom is 0.323 e. The van der Waals surface area contributed by atoms with Gasteiger partial charge >= 0.3 is 5.69 Å². The SMILES string of the molecule is COc1ccc(C(=O)Cc2c[nH]c(=O)[nH]2)cc1OC1CCCC1. The fraction of sp³-hybridized carbons (Fsp3) is 0.412. The van der Waals surface area contributed by atoms with Crippen molar-refractivity contribution in [3.8, 4) is 11.5 Å². The molecule has 0 amide bonds. The van der Waals surface area contributed by atoms with Gasteiger partial charge in [-0.05, 0) is 43.9 Å². The summed E-state index contributed by atoms with van der Waals surface area (Å²) in [6.45, 7) is 0. The van der Waals surface area contributed by atoms with Crippen molar-refractivity contribution >= 4 is 5.78 Å². The van der Waals surface area contributed by atoms with Gasteiger partial charge in [-0.3, -0.25) is 4.79 Å². The Hall–Kier alpha value is -2.50. The van der Waals surface area contributed by atoms with Crippen LogP contribution in [0.5, 0.6) is 11.5 Å². The predicted molar refractivity (Wildman–Crippen MR) is 85.3 cm³/mol. The molecule has 0 radical (unpaired) electrons. The fourth-order valence-electron chi connectivity index (χ4n) is 2.87. The Morgan fingerprint density at radius 2 is 2.04 bits per heavy atom. The molecule has 0 spiro atoms. The van der Waals surface area contributed by atoms with Crippen molar-refractivity contribution < 1.29 is 14.3 Å². The van der Waals surface area contributed by atoms with Gasteiger partial charge in [0.1, 0.15) is 0 Å². The van der Waals surface area contributed by atoms with E-state index in [4.69, 9.17) is 9.47 Å². The van der Waals surface area contributed by atoms with Crippen LogP contribution in [0.15, 0.2) is 29.2 Å². The van der Waals surface area contributed by atoms with Crippen molar-refractivity contribution in [1.82, 2.24) is 9.97 Å². The molecule has 3 rings (SSSR count). The van der Waals surface area contributed by atoms with E-state index in [1.54, 1.807) is 25.3 Å². The first kappa shape index (κ1) is 15.4. The number of benzene rings is 1. The van der Waals surface area contributed by atoms with E-state index >= 15 is 0 Å². The lowest BCUT2D eigenvalue weighted by molar-refractivity contribution is 0.0991. The van der Waals surface area contributed by atoms with Crippen LogP contribution in [0.3, 0.4) is 0 Å². The molecule has 1 heterocycles. The smallest absolute Gasteiger partial charge is 0.323 e. The third kappa shape index (κ3) is 3.64. The first-order chi connectivity index (χ1) is 11.2. The van der Waals surface area contributed by atoms with Gasteiger partial charge in [0.15, 0.2) is 17.3 Å². The monoisotopic (exact) mass is 316 g/mol. The Labute approximate surface area is 133 Å². The minimum Gasteiger partial charge on any atom is -0.493 e. The number of hydrogen-bond acceptors (Lipinski definition) is 4. The number of imidazole rings is 1. The summed E-state index contributed by atoms with van der Waals surface area (Å²) < 4.78 is 11.3. The number of carbonyl (C=O) groups is 1. The molecule has 0 bridgehead atoms. The Bertz CT molecular complexity index is 741. The summed E-state index contributed by atoms with van der Waals surface area (Å²) in [5.41, 5.74) is 0.794. The molecular weight excluding hydrogens is 296 g/mol. The molecule has 1 aromatic carbocycles. The van der Waals surface area contributed by atoms with Crippen LogP contribution < -0.4 is 15.2 Å². The van der Waals surface area contributed by atoms with Gasteiger partial charge in [-0.25, -0.2) is 4.79 Å². The van der Waals surface area contributed by atoms with Crippen molar-refractivity contribution in [3.63, 3.8) is 0 Å². The number of aromatic nitrogens is 2. The number of nitrogens with one attached hydrogen (secondary N) is 2. The van der Waals surface area contributed by atoms with E-state index in [0.717, 1.165) is 12.8 Å². The molecule has 1 aliphatic rings. The number of methoxy groups -OCH3 is 1. The number of aromatic amines is 2. The van der Waals surface area contributed by atoms with Crippen LogP contribution in [0.25, 0.3) is 0 Å². The molecule has 6 heteroatoms. The summed E-state index contributed by atoms with van der Waals surface area (Å²) in [6.07, 6.45) is 6.25. The molecule has 6 nitrogen and oxygen atoms in total. The Balaban J connectivity index is 1.78. The topological polar surface area (TPSA) is 84.2 Å². The number of ketones is 1. The first-order valence-corrected chi connectivity index (χ1v) is 7.80. The van der Waals surface area contributed by atoms with Gasteiger partial charge < -0.3 is 19.4 Å². The molecule has 1 fully saturated rings. The van der Waals surface area contributed by atoms with Gasteiger partial charge in [0.2, 0.25) is 0 Å². The summed E-state index contributed by atoms with van der Waals surface area (Å²) in [5.74, 6) is 1.15. The second-order valence-electron chi connectivity index (χ2n) is 5.76. The maximum atomic E-state index is 12.4. The molecule has 1 saturated carbocycles. The number of hydrogen-bond donors (Lipinski definition) is 2. The number of rotatable bonds is 6. The highest BCUT2D eigenvalue weighted by molar-refractivity contribution is 5.97. The molecule has 2 N–H and O–H groups in total.